The van der Waals surface area contributed by atoms with E-state index in [1.54, 1.807) is 7.11 Å². The van der Waals surface area contributed by atoms with E-state index in [9.17, 15) is 4.79 Å². The van der Waals surface area contributed by atoms with E-state index in [0.29, 0.717) is 12.8 Å². The summed E-state index contributed by atoms with van der Waals surface area (Å²) >= 11 is 0. The van der Waals surface area contributed by atoms with E-state index in [1.165, 1.54) is 5.06 Å². The Labute approximate surface area is 160 Å². The number of carbonyl (C=O) groups excluding carboxylic acids is 1. The number of ether oxygens (including phenoxy) is 2. The summed E-state index contributed by atoms with van der Waals surface area (Å²) in [5.74, 6) is 0.793. The lowest BCUT2D eigenvalue weighted by molar-refractivity contribution is -0.151. The molecule has 27 heavy (non-hydrogen) atoms. The molecule has 1 saturated heterocycles. The highest BCUT2D eigenvalue weighted by Crippen LogP contribution is 2.36. The van der Waals surface area contributed by atoms with E-state index in [0.717, 1.165) is 16.9 Å². The number of rotatable bonds is 4. The van der Waals surface area contributed by atoms with E-state index in [1.807, 2.05) is 63.2 Å². The average Bonchev–Trinajstić information content (AvgIpc) is 3.05. The van der Waals surface area contributed by atoms with Crippen molar-refractivity contribution in [2.75, 3.05) is 7.11 Å². The molecule has 3 rings (SSSR count). The van der Waals surface area contributed by atoms with Crippen LogP contribution in [0.4, 0.5) is 4.79 Å². The lowest BCUT2D eigenvalue weighted by atomic mass is 9.98. The zero-order valence-electron chi connectivity index (χ0n) is 16.3. The van der Waals surface area contributed by atoms with E-state index in [4.69, 9.17) is 14.3 Å². The van der Waals surface area contributed by atoms with Crippen LogP contribution in [0, 0.1) is 0 Å². The van der Waals surface area contributed by atoms with Crippen molar-refractivity contribution in [2.45, 2.75) is 51.4 Å². The summed E-state index contributed by atoms with van der Waals surface area (Å²) in [6.45, 7) is 5.57. The molecule has 0 saturated carbocycles. The van der Waals surface area contributed by atoms with Crippen LogP contribution in [0.5, 0.6) is 5.75 Å². The molecule has 1 heterocycles. The Balaban J connectivity index is 1.79. The van der Waals surface area contributed by atoms with Gasteiger partial charge in [0.25, 0.3) is 0 Å². The van der Waals surface area contributed by atoms with Gasteiger partial charge in [-0.15, -0.1) is 0 Å². The van der Waals surface area contributed by atoms with Crippen molar-refractivity contribution in [3.8, 4) is 5.75 Å². The summed E-state index contributed by atoms with van der Waals surface area (Å²) in [5.41, 5.74) is 1.60. The van der Waals surface area contributed by atoms with Crippen LogP contribution in [0.3, 0.4) is 0 Å². The molecule has 2 atom stereocenters. The minimum atomic E-state index is -0.573. The highest BCUT2D eigenvalue weighted by atomic mass is 16.7. The van der Waals surface area contributed by atoms with Crippen LogP contribution in [0.2, 0.25) is 0 Å². The van der Waals surface area contributed by atoms with Gasteiger partial charge in [-0.3, -0.25) is 4.84 Å². The number of benzene rings is 2. The molecule has 5 nitrogen and oxygen atoms in total. The number of carbonyl (C=O) groups is 1. The topological polar surface area (TPSA) is 48.0 Å². The standard InChI is InChI=1S/C22H27NO4/c1-22(2,3)26-21(24)23-18(14-16-8-6-5-7-9-16)15-20(27-23)17-10-12-19(25-4)13-11-17/h5-13,18,20H,14-15H2,1-4H3/t18-,20-/m0/s1. The molecule has 0 aromatic heterocycles. The van der Waals surface area contributed by atoms with E-state index in [2.05, 4.69) is 12.1 Å². The van der Waals surface area contributed by atoms with Crippen LogP contribution in [0.25, 0.3) is 0 Å². The van der Waals surface area contributed by atoms with Crippen molar-refractivity contribution < 1.29 is 19.1 Å². The van der Waals surface area contributed by atoms with Crippen molar-refractivity contribution in [1.29, 1.82) is 0 Å². The maximum Gasteiger partial charge on any atom is 0.434 e. The largest absolute Gasteiger partial charge is 0.497 e. The summed E-state index contributed by atoms with van der Waals surface area (Å²) in [5, 5.41) is 1.41. The Bertz CT molecular complexity index is 752. The molecular formula is C22H27NO4. The number of amides is 1. The fraction of sp³-hybridized carbons (Fsp3) is 0.409. The third-order valence-electron chi connectivity index (χ3n) is 4.43. The monoisotopic (exact) mass is 369 g/mol. The molecule has 0 N–H and O–H groups in total. The van der Waals surface area contributed by atoms with Gasteiger partial charge < -0.3 is 9.47 Å². The molecule has 2 aromatic carbocycles. The first-order valence-electron chi connectivity index (χ1n) is 9.22. The van der Waals surface area contributed by atoms with Gasteiger partial charge in [0.05, 0.1) is 13.2 Å². The van der Waals surface area contributed by atoms with Crippen LogP contribution < -0.4 is 4.74 Å². The van der Waals surface area contributed by atoms with Gasteiger partial charge in [-0.05, 0) is 50.5 Å². The number of nitrogens with zero attached hydrogens (tertiary/aromatic N) is 1. The predicted octanol–water partition coefficient (Wildman–Crippen LogP) is 4.92. The number of hydroxylamine groups is 2. The average molecular weight is 369 g/mol. The SMILES string of the molecule is COc1ccc([C@@H]2C[C@H](Cc3ccccc3)N(C(=O)OC(C)(C)C)O2)cc1. The van der Waals surface area contributed by atoms with Crippen molar-refractivity contribution in [2.24, 2.45) is 0 Å². The smallest absolute Gasteiger partial charge is 0.434 e. The molecule has 0 radical (unpaired) electrons. The molecule has 1 amide bonds. The molecule has 0 spiro atoms. The van der Waals surface area contributed by atoms with Gasteiger partial charge in [-0.25, -0.2) is 4.79 Å². The second-order valence-corrected chi connectivity index (χ2v) is 7.75. The zero-order valence-corrected chi connectivity index (χ0v) is 16.3. The van der Waals surface area contributed by atoms with Gasteiger partial charge >= 0.3 is 6.09 Å². The van der Waals surface area contributed by atoms with E-state index >= 15 is 0 Å². The van der Waals surface area contributed by atoms with Crippen LogP contribution in [-0.2, 0) is 16.0 Å². The number of methoxy groups -OCH3 is 1. The van der Waals surface area contributed by atoms with Gasteiger partial charge in [-0.1, -0.05) is 42.5 Å². The van der Waals surface area contributed by atoms with Crippen LogP contribution >= 0.6 is 0 Å². The summed E-state index contributed by atoms with van der Waals surface area (Å²) in [6.07, 6.45) is 0.782. The fourth-order valence-corrected chi connectivity index (χ4v) is 3.18. The minimum Gasteiger partial charge on any atom is -0.497 e. The molecule has 0 bridgehead atoms. The molecule has 0 aliphatic carbocycles. The van der Waals surface area contributed by atoms with Gasteiger partial charge in [0.1, 0.15) is 17.5 Å². The number of hydrogen-bond acceptors (Lipinski definition) is 4. The lowest BCUT2D eigenvalue weighted by Crippen LogP contribution is -2.39. The minimum absolute atomic E-state index is 0.0886. The van der Waals surface area contributed by atoms with Crippen molar-refractivity contribution in [3.63, 3.8) is 0 Å². The first-order valence-corrected chi connectivity index (χ1v) is 9.22. The first-order chi connectivity index (χ1) is 12.9. The van der Waals surface area contributed by atoms with Crippen molar-refractivity contribution in [1.82, 2.24) is 5.06 Å². The highest BCUT2D eigenvalue weighted by Gasteiger charge is 2.39. The molecule has 0 unspecified atom stereocenters. The third kappa shape index (κ3) is 5.01. The molecule has 144 valence electrons. The Morgan fingerprint density at radius 1 is 1.11 bits per heavy atom. The number of hydrogen-bond donors (Lipinski definition) is 0. The quantitative estimate of drug-likeness (QED) is 0.767. The van der Waals surface area contributed by atoms with Crippen molar-refractivity contribution in [3.05, 3.63) is 65.7 Å². The van der Waals surface area contributed by atoms with Crippen LogP contribution in [0.15, 0.2) is 54.6 Å². The second kappa shape index (κ2) is 8.01. The zero-order chi connectivity index (χ0) is 19.4. The Morgan fingerprint density at radius 2 is 1.78 bits per heavy atom. The maximum absolute atomic E-state index is 12.7. The first kappa shape index (κ1) is 19.2. The Morgan fingerprint density at radius 3 is 2.37 bits per heavy atom. The van der Waals surface area contributed by atoms with Crippen LogP contribution in [-0.4, -0.2) is 29.9 Å². The van der Waals surface area contributed by atoms with Crippen LogP contribution in [0.1, 0.15) is 44.4 Å². The lowest BCUT2D eigenvalue weighted by Gasteiger charge is -2.27. The van der Waals surface area contributed by atoms with Gasteiger partial charge in [-0.2, -0.15) is 5.06 Å². The fourth-order valence-electron chi connectivity index (χ4n) is 3.18. The summed E-state index contributed by atoms with van der Waals surface area (Å²) in [6, 6.07) is 17.8. The summed E-state index contributed by atoms with van der Waals surface area (Å²) in [4.78, 5) is 18.7. The second-order valence-electron chi connectivity index (χ2n) is 7.75. The predicted molar refractivity (Wildman–Crippen MR) is 103 cm³/mol. The summed E-state index contributed by atoms with van der Waals surface area (Å²) < 4.78 is 10.8. The van der Waals surface area contributed by atoms with Gasteiger partial charge in [0, 0.05) is 6.42 Å². The Hall–Kier alpha value is -2.53. The third-order valence-corrected chi connectivity index (χ3v) is 4.43. The molecule has 1 aliphatic heterocycles. The van der Waals surface area contributed by atoms with Gasteiger partial charge in [0.2, 0.25) is 0 Å². The van der Waals surface area contributed by atoms with Gasteiger partial charge in [0.15, 0.2) is 0 Å². The molecule has 1 fully saturated rings. The molecule has 1 aliphatic rings. The molecule has 2 aromatic rings. The van der Waals surface area contributed by atoms with E-state index < -0.39 is 11.7 Å². The van der Waals surface area contributed by atoms with E-state index in [-0.39, 0.29) is 12.1 Å². The Kier molecular flexibility index (Phi) is 5.71. The summed E-state index contributed by atoms with van der Waals surface area (Å²) in [7, 11) is 1.64. The molecular weight excluding hydrogens is 342 g/mol. The highest BCUT2D eigenvalue weighted by molar-refractivity contribution is 5.67. The molecule has 5 heteroatoms. The normalized spacial score (nSPS) is 19.8. The maximum atomic E-state index is 12.7. The van der Waals surface area contributed by atoms with Crippen molar-refractivity contribution >= 4 is 6.09 Å².